The zero-order valence-electron chi connectivity index (χ0n) is 9.79. The quantitative estimate of drug-likeness (QED) is 0.919. The normalized spacial score (nSPS) is 20.4. The molecule has 1 heterocycles. The van der Waals surface area contributed by atoms with Gasteiger partial charge in [-0.3, -0.25) is 0 Å². The van der Waals surface area contributed by atoms with Crippen molar-refractivity contribution in [2.24, 2.45) is 0 Å². The number of rotatable bonds is 3. The molecular formula is C13H18BrNO. The standard InChI is InChI=1S/C13H18BrNO/c1-9(2)10-3-4-13(12(14)7-10)16-11-5-6-15-8-11/h3-4,7,9,11,15H,5-6,8H2,1-2H3. The van der Waals surface area contributed by atoms with Crippen molar-refractivity contribution in [1.82, 2.24) is 5.32 Å². The van der Waals surface area contributed by atoms with Gasteiger partial charge in [-0.1, -0.05) is 19.9 Å². The SMILES string of the molecule is CC(C)c1ccc(OC2CCNC2)c(Br)c1. The van der Waals surface area contributed by atoms with E-state index in [1.54, 1.807) is 0 Å². The van der Waals surface area contributed by atoms with Crippen molar-refractivity contribution >= 4 is 15.9 Å². The van der Waals surface area contributed by atoms with E-state index >= 15 is 0 Å². The van der Waals surface area contributed by atoms with Gasteiger partial charge >= 0.3 is 0 Å². The van der Waals surface area contributed by atoms with Gasteiger partial charge in [-0.25, -0.2) is 0 Å². The van der Waals surface area contributed by atoms with Crippen LogP contribution in [0.15, 0.2) is 22.7 Å². The van der Waals surface area contributed by atoms with Gasteiger partial charge < -0.3 is 10.1 Å². The fraction of sp³-hybridized carbons (Fsp3) is 0.538. The third kappa shape index (κ3) is 2.77. The van der Waals surface area contributed by atoms with E-state index < -0.39 is 0 Å². The summed E-state index contributed by atoms with van der Waals surface area (Å²) in [5.74, 6) is 1.51. The molecule has 0 aromatic heterocycles. The monoisotopic (exact) mass is 283 g/mol. The number of nitrogens with one attached hydrogen (secondary N) is 1. The van der Waals surface area contributed by atoms with Crippen molar-refractivity contribution in [1.29, 1.82) is 0 Å². The minimum Gasteiger partial charge on any atom is -0.488 e. The molecule has 0 radical (unpaired) electrons. The van der Waals surface area contributed by atoms with E-state index in [0.29, 0.717) is 12.0 Å². The van der Waals surface area contributed by atoms with Crippen LogP contribution in [0.25, 0.3) is 0 Å². The van der Waals surface area contributed by atoms with Crippen LogP contribution in [-0.2, 0) is 0 Å². The summed E-state index contributed by atoms with van der Waals surface area (Å²) in [6.07, 6.45) is 1.42. The average Bonchev–Trinajstić information content (AvgIpc) is 2.73. The summed E-state index contributed by atoms with van der Waals surface area (Å²) in [5, 5.41) is 3.30. The van der Waals surface area contributed by atoms with Crippen LogP contribution in [0.1, 0.15) is 31.7 Å². The van der Waals surface area contributed by atoms with Gasteiger partial charge in [0.05, 0.1) is 4.47 Å². The lowest BCUT2D eigenvalue weighted by atomic mass is 10.0. The molecule has 0 saturated carbocycles. The first-order valence-electron chi connectivity index (χ1n) is 5.83. The smallest absolute Gasteiger partial charge is 0.133 e. The van der Waals surface area contributed by atoms with Gasteiger partial charge in [0.15, 0.2) is 0 Å². The highest BCUT2D eigenvalue weighted by molar-refractivity contribution is 9.10. The largest absolute Gasteiger partial charge is 0.488 e. The van der Waals surface area contributed by atoms with Crippen molar-refractivity contribution in [3.8, 4) is 5.75 Å². The van der Waals surface area contributed by atoms with E-state index in [4.69, 9.17) is 4.74 Å². The Morgan fingerprint density at radius 2 is 2.25 bits per heavy atom. The number of ether oxygens (including phenoxy) is 1. The predicted molar refractivity (Wildman–Crippen MR) is 70.1 cm³/mol. The summed E-state index contributed by atoms with van der Waals surface area (Å²) in [4.78, 5) is 0. The maximum Gasteiger partial charge on any atom is 0.133 e. The first kappa shape index (κ1) is 11.9. The summed E-state index contributed by atoms with van der Waals surface area (Å²) in [5.41, 5.74) is 1.34. The molecule has 0 amide bonds. The molecule has 3 heteroatoms. The summed E-state index contributed by atoms with van der Waals surface area (Å²) in [7, 11) is 0. The summed E-state index contributed by atoms with van der Waals surface area (Å²) in [6.45, 7) is 6.41. The molecule has 0 spiro atoms. The van der Waals surface area contributed by atoms with Gasteiger partial charge in [0.1, 0.15) is 11.9 Å². The molecule has 1 aromatic rings. The topological polar surface area (TPSA) is 21.3 Å². The minimum absolute atomic E-state index is 0.321. The molecular weight excluding hydrogens is 266 g/mol. The van der Waals surface area contributed by atoms with Gasteiger partial charge in [0, 0.05) is 6.54 Å². The van der Waals surface area contributed by atoms with Gasteiger partial charge in [0.2, 0.25) is 0 Å². The van der Waals surface area contributed by atoms with E-state index in [1.807, 2.05) is 0 Å². The van der Waals surface area contributed by atoms with E-state index in [2.05, 4.69) is 53.3 Å². The van der Waals surface area contributed by atoms with Crippen LogP contribution in [0.3, 0.4) is 0 Å². The maximum absolute atomic E-state index is 5.93. The van der Waals surface area contributed by atoms with E-state index in [-0.39, 0.29) is 0 Å². The molecule has 1 fully saturated rings. The van der Waals surface area contributed by atoms with Gasteiger partial charge in [0.25, 0.3) is 0 Å². The molecule has 2 nitrogen and oxygen atoms in total. The Balaban J connectivity index is 2.09. The van der Waals surface area contributed by atoms with Crippen molar-refractivity contribution in [2.45, 2.75) is 32.3 Å². The third-order valence-electron chi connectivity index (χ3n) is 2.93. The predicted octanol–water partition coefficient (Wildman–Crippen LogP) is 3.31. The van der Waals surface area contributed by atoms with E-state index in [9.17, 15) is 0 Å². The highest BCUT2D eigenvalue weighted by Crippen LogP contribution is 2.30. The molecule has 1 atom stereocenters. The van der Waals surface area contributed by atoms with Gasteiger partial charge in [-0.15, -0.1) is 0 Å². The van der Waals surface area contributed by atoms with Gasteiger partial charge in [-0.05, 0) is 52.5 Å². The minimum atomic E-state index is 0.321. The number of hydrogen-bond acceptors (Lipinski definition) is 2. The number of halogens is 1. The number of hydrogen-bond donors (Lipinski definition) is 1. The van der Waals surface area contributed by atoms with Crippen molar-refractivity contribution in [3.05, 3.63) is 28.2 Å². The van der Waals surface area contributed by atoms with E-state index in [0.717, 1.165) is 29.7 Å². The third-order valence-corrected chi connectivity index (χ3v) is 3.55. The molecule has 16 heavy (non-hydrogen) atoms. The van der Waals surface area contributed by atoms with Crippen LogP contribution in [0.4, 0.5) is 0 Å². The van der Waals surface area contributed by atoms with Crippen molar-refractivity contribution < 1.29 is 4.74 Å². The highest BCUT2D eigenvalue weighted by Gasteiger charge is 2.17. The first-order valence-corrected chi connectivity index (χ1v) is 6.63. The highest BCUT2D eigenvalue weighted by atomic mass is 79.9. The van der Waals surface area contributed by atoms with Gasteiger partial charge in [-0.2, -0.15) is 0 Å². The Bertz CT molecular complexity index is 359. The second-order valence-corrected chi connectivity index (χ2v) is 5.43. The summed E-state index contributed by atoms with van der Waals surface area (Å²) in [6, 6.07) is 6.37. The zero-order chi connectivity index (χ0) is 11.5. The molecule has 1 aliphatic rings. The molecule has 1 N–H and O–H groups in total. The van der Waals surface area contributed by atoms with Crippen molar-refractivity contribution in [3.63, 3.8) is 0 Å². The number of benzene rings is 1. The second kappa shape index (κ2) is 5.19. The molecule has 1 aliphatic heterocycles. The molecule has 0 bridgehead atoms. The summed E-state index contributed by atoms with van der Waals surface area (Å²) < 4.78 is 6.99. The van der Waals surface area contributed by atoms with E-state index in [1.165, 1.54) is 5.56 Å². The Morgan fingerprint density at radius 1 is 1.44 bits per heavy atom. The lowest BCUT2D eigenvalue weighted by molar-refractivity contribution is 0.221. The summed E-state index contributed by atoms with van der Waals surface area (Å²) >= 11 is 3.58. The average molecular weight is 284 g/mol. The Labute approximate surface area is 106 Å². The second-order valence-electron chi connectivity index (χ2n) is 4.58. The lowest BCUT2D eigenvalue weighted by Crippen LogP contribution is -2.19. The molecule has 1 aromatic carbocycles. The molecule has 88 valence electrons. The lowest BCUT2D eigenvalue weighted by Gasteiger charge is -2.15. The molecule has 1 unspecified atom stereocenters. The van der Waals surface area contributed by atoms with Crippen LogP contribution in [0, 0.1) is 0 Å². The Hall–Kier alpha value is -0.540. The van der Waals surface area contributed by atoms with Crippen molar-refractivity contribution in [2.75, 3.05) is 13.1 Å². The van der Waals surface area contributed by atoms with Crippen LogP contribution >= 0.6 is 15.9 Å². The zero-order valence-corrected chi connectivity index (χ0v) is 11.4. The fourth-order valence-corrected chi connectivity index (χ4v) is 2.37. The Kier molecular flexibility index (Phi) is 3.87. The van der Waals surface area contributed by atoms with Crippen LogP contribution in [0.5, 0.6) is 5.75 Å². The molecule has 2 rings (SSSR count). The molecule has 1 saturated heterocycles. The molecule has 0 aliphatic carbocycles. The first-order chi connectivity index (χ1) is 7.66. The fourth-order valence-electron chi connectivity index (χ4n) is 1.88. The van der Waals surface area contributed by atoms with Crippen LogP contribution in [0.2, 0.25) is 0 Å². The van der Waals surface area contributed by atoms with Crippen LogP contribution < -0.4 is 10.1 Å². The van der Waals surface area contributed by atoms with Crippen LogP contribution in [-0.4, -0.2) is 19.2 Å². The Morgan fingerprint density at radius 3 is 2.81 bits per heavy atom. The maximum atomic E-state index is 5.93.